The number of carbonyl (C=O) groups excluding carboxylic acids is 4. The molecule has 0 aromatic heterocycles. The smallest absolute Gasteiger partial charge is 0.327 e. The Bertz CT molecular complexity index is 801. The van der Waals surface area contributed by atoms with Crippen LogP contribution in [0.4, 0.5) is 0 Å². The molecular weight excluding hydrogens is 536 g/mol. The van der Waals surface area contributed by atoms with Crippen LogP contribution in [0.3, 0.4) is 0 Å². The van der Waals surface area contributed by atoms with Crippen LogP contribution in [-0.4, -0.2) is 106 Å². The van der Waals surface area contributed by atoms with Crippen molar-refractivity contribution >= 4 is 73.4 Å². The van der Waals surface area contributed by atoms with Gasteiger partial charge in [-0.05, 0) is 12.8 Å². The molecular formula is C18H34N8O7S3. The van der Waals surface area contributed by atoms with E-state index in [0.717, 1.165) is 0 Å². The normalized spacial score (nSPS) is 14.8. The van der Waals surface area contributed by atoms with Crippen molar-refractivity contribution in [1.29, 1.82) is 0 Å². The molecule has 5 unspecified atom stereocenters. The van der Waals surface area contributed by atoms with Gasteiger partial charge in [0.1, 0.15) is 24.2 Å². The predicted molar refractivity (Wildman–Crippen MR) is 142 cm³/mol. The molecule has 0 bridgehead atoms. The highest BCUT2D eigenvalue weighted by Gasteiger charge is 2.30. The lowest BCUT2D eigenvalue weighted by Crippen LogP contribution is -2.59. The van der Waals surface area contributed by atoms with Gasteiger partial charge in [0.25, 0.3) is 0 Å². The van der Waals surface area contributed by atoms with Crippen LogP contribution < -0.4 is 38.5 Å². The minimum atomic E-state index is -1.52. The third-order valence-electron chi connectivity index (χ3n) is 4.54. The molecule has 0 radical (unpaired) electrons. The van der Waals surface area contributed by atoms with Crippen molar-refractivity contribution in [3.63, 3.8) is 0 Å². The van der Waals surface area contributed by atoms with Gasteiger partial charge in [0, 0.05) is 23.8 Å². The lowest BCUT2D eigenvalue weighted by atomic mass is 10.1. The largest absolute Gasteiger partial charge is 0.480 e. The zero-order valence-corrected chi connectivity index (χ0v) is 22.0. The molecule has 5 atom stereocenters. The van der Waals surface area contributed by atoms with Crippen LogP contribution in [0, 0.1) is 0 Å². The van der Waals surface area contributed by atoms with E-state index in [1.165, 1.54) is 0 Å². The first-order valence-corrected chi connectivity index (χ1v) is 12.5. The van der Waals surface area contributed by atoms with Crippen molar-refractivity contribution in [2.24, 2.45) is 22.2 Å². The van der Waals surface area contributed by atoms with Gasteiger partial charge in [0.05, 0.1) is 12.6 Å². The molecule has 0 aromatic rings. The summed E-state index contributed by atoms with van der Waals surface area (Å²) in [7, 11) is 0. The van der Waals surface area contributed by atoms with Gasteiger partial charge in [-0.2, -0.15) is 37.9 Å². The van der Waals surface area contributed by atoms with Crippen molar-refractivity contribution in [2.75, 3.05) is 30.4 Å². The van der Waals surface area contributed by atoms with Crippen molar-refractivity contribution in [1.82, 2.24) is 21.3 Å². The summed E-state index contributed by atoms with van der Waals surface area (Å²) >= 11 is 11.8. The van der Waals surface area contributed by atoms with E-state index in [1.54, 1.807) is 0 Å². The molecule has 206 valence electrons. The molecule has 0 aliphatic heterocycles. The van der Waals surface area contributed by atoms with E-state index in [1.807, 2.05) is 0 Å². The van der Waals surface area contributed by atoms with Crippen LogP contribution in [0.15, 0.2) is 4.99 Å². The topological polar surface area (TPSA) is 264 Å². The highest BCUT2D eigenvalue weighted by atomic mass is 32.1. The van der Waals surface area contributed by atoms with Crippen LogP contribution in [0.1, 0.15) is 12.8 Å². The first kappa shape index (κ1) is 33.6. The maximum atomic E-state index is 12.9. The number of rotatable bonds is 17. The minimum Gasteiger partial charge on any atom is -0.480 e. The summed E-state index contributed by atoms with van der Waals surface area (Å²) in [6.07, 6.45) is 0.237. The Morgan fingerprint density at radius 2 is 1.22 bits per heavy atom. The fourth-order valence-electron chi connectivity index (χ4n) is 2.52. The molecule has 12 N–H and O–H groups in total. The third kappa shape index (κ3) is 12.5. The number of aliphatic hydroxyl groups excluding tert-OH is 1. The number of carboxylic acid groups (broad SMARTS) is 1. The molecule has 0 aliphatic rings. The maximum absolute atomic E-state index is 12.9. The summed E-state index contributed by atoms with van der Waals surface area (Å²) in [5.74, 6) is -5.11. The molecule has 18 heteroatoms. The zero-order valence-electron chi connectivity index (χ0n) is 19.3. The van der Waals surface area contributed by atoms with E-state index in [2.05, 4.69) is 64.1 Å². The average Bonchev–Trinajstić information content (AvgIpc) is 2.84. The highest BCUT2D eigenvalue weighted by molar-refractivity contribution is 7.80. The third-order valence-corrected chi connectivity index (χ3v) is 5.66. The average molecular weight is 571 g/mol. The zero-order chi connectivity index (χ0) is 27.8. The van der Waals surface area contributed by atoms with Crippen LogP contribution >= 0.6 is 37.9 Å². The van der Waals surface area contributed by atoms with Crippen LogP contribution in [0.25, 0.3) is 0 Å². The number of carboxylic acids is 1. The van der Waals surface area contributed by atoms with Gasteiger partial charge in [-0.15, -0.1) is 0 Å². The molecule has 0 aromatic carbocycles. The van der Waals surface area contributed by atoms with Gasteiger partial charge in [-0.3, -0.25) is 24.2 Å². The second-order valence-corrected chi connectivity index (χ2v) is 8.46. The number of carbonyl (C=O) groups is 5. The fourth-order valence-corrected chi connectivity index (χ4v) is 3.20. The SMILES string of the molecule is NC(N)=NCCCC(NC(=O)C(CS)NC(=O)C(N)CS)C(=O)NC(CO)C(=O)NC(CS)C(=O)O. The van der Waals surface area contributed by atoms with Gasteiger partial charge in [0.2, 0.25) is 23.6 Å². The number of nitrogens with two attached hydrogens (primary N) is 3. The Labute approximate surface area is 224 Å². The second-order valence-electron chi connectivity index (χ2n) is 7.37. The molecule has 0 fully saturated rings. The monoisotopic (exact) mass is 570 g/mol. The standard InChI is InChI=1S/C18H34N8O7S3/c19-8(5-34)13(28)25-11(6-35)16(31)23-9(2-1-3-22-18(20)21)14(29)24-10(4-27)15(30)26-12(7-36)17(32)33/h8-12,27,34-36H,1-7,19H2,(H,23,31)(H,24,29)(H,25,28)(H,26,30)(H,32,33)(H4,20,21,22). The predicted octanol–water partition coefficient (Wildman–Crippen LogP) is -4.83. The Balaban J connectivity index is 5.51. The number of hydrogen-bond donors (Lipinski definition) is 12. The number of aliphatic carboxylic acids is 1. The lowest BCUT2D eigenvalue weighted by Gasteiger charge is -2.25. The van der Waals surface area contributed by atoms with Gasteiger partial charge in [-0.25, -0.2) is 4.79 Å². The number of amides is 4. The van der Waals surface area contributed by atoms with Crippen LogP contribution in [-0.2, 0) is 24.0 Å². The molecule has 0 rings (SSSR count). The number of thiol groups is 3. The summed E-state index contributed by atoms with van der Waals surface area (Å²) in [6.45, 7) is -0.736. The van der Waals surface area contributed by atoms with Gasteiger partial charge < -0.3 is 48.7 Å². The molecule has 15 nitrogen and oxygen atoms in total. The Kier molecular flexibility index (Phi) is 16.7. The Hall–Kier alpha value is -2.41. The quantitative estimate of drug-likeness (QED) is 0.0343. The van der Waals surface area contributed by atoms with E-state index in [-0.39, 0.29) is 42.6 Å². The number of hydrogen-bond acceptors (Lipinski definition) is 11. The van der Waals surface area contributed by atoms with Crippen LogP contribution in [0.2, 0.25) is 0 Å². The Morgan fingerprint density at radius 3 is 1.69 bits per heavy atom. The highest BCUT2D eigenvalue weighted by Crippen LogP contribution is 2.03. The van der Waals surface area contributed by atoms with E-state index in [9.17, 15) is 29.1 Å². The Morgan fingerprint density at radius 1 is 0.750 bits per heavy atom. The summed E-state index contributed by atoms with van der Waals surface area (Å²) in [5.41, 5.74) is 16.1. The molecule has 0 heterocycles. The lowest BCUT2D eigenvalue weighted by molar-refractivity contribution is -0.142. The maximum Gasteiger partial charge on any atom is 0.327 e. The molecule has 0 saturated heterocycles. The summed E-state index contributed by atoms with van der Waals surface area (Å²) in [6, 6.07) is -6.25. The van der Waals surface area contributed by atoms with E-state index in [4.69, 9.17) is 22.3 Å². The molecule has 4 amide bonds. The number of nitrogens with zero attached hydrogens (tertiary/aromatic N) is 1. The van der Waals surface area contributed by atoms with Crippen molar-refractivity contribution in [3.8, 4) is 0 Å². The first-order valence-electron chi connectivity index (χ1n) is 10.6. The summed E-state index contributed by atoms with van der Waals surface area (Å²) in [5, 5.41) is 27.9. The van der Waals surface area contributed by atoms with E-state index < -0.39 is 66.4 Å². The molecule has 36 heavy (non-hydrogen) atoms. The van der Waals surface area contributed by atoms with Gasteiger partial charge in [0.15, 0.2) is 5.96 Å². The summed E-state index contributed by atoms with van der Waals surface area (Å²) < 4.78 is 0. The number of nitrogens with one attached hydrogen (secondary N) is 4. The van der Waals surface area contributed by atoms with Gasteiger partial charge in [-0.1, -0.05) is 0 Å². The van der Waals surface area contributed by atoms with Crippen molar-refractivity contribution in [2.45, 2.75) is 43.1 Å². The number of aliphatic imine (C=N–C) groups is 1. The minimum absolute atomic E-state index is 0.00586. The molecule has 0 aliphatic carbocycles. The van der Waals surface area contributed by atoms with Crippen molar-refractivity contribution < 1.29 is 34.2 Å². The first-order chi connectivity index (χ1) is 16.9. The molecule has 0 spiro atoms. The second kappa shape index (κ2) is 17.9. The van der Waals surface area contributed by atoms with E-state index in [0.29, 0.717) is 0 Å². The van der Waals surface area contributed by atoms with Crippen molar-refractivity contribution in [3.05, 3.63) is 0 Å². The molecule has 0 saturated carbocycles. The van der Waals surface area contributed by atoms with E-state index >= 15 is 0 Å². The summed E-state index contributed by atoms with van der Waals surface area (Å²) in [4.78, 5) is 64.9. The number of guanidine groups is 1. The fraction of sp³-hybridized carbons (Fsp3) is 0.667. The van der Waals surface area contributed by atoms with Gasteiger partial charge >= 0.3 is 5.97 Å². The van der Waals surface area contributed by atoms with Crippen LogP contribution in [0.5, 0.6) is 0 Å². The number of aliphatic hydroxyl groups is 1.